The first kappa shape index (κ1) is 21.6. The molecule has 0 saturated carbocycles. The second kappa shape index (κ2) is 9.74. The molecule has 0 aliphatic carbocycles. The van der Waals surface area contributed by atoms with Gasteiger partial charge in [-0.1, -0.05) is 12.0 Å². The summed E-state index contributed by atoms with van der Waals surface area (Å²) in [5, 5.41) is 10.2. The Bertz CT molecular complexity index is 1050. The summed E-state index contributed by atoms with van der Waals surface area (Å²) in [6.07, 6.45) is 7.99. The largest absolute Gasteiger partial charge is 0.493 e. The van der Waals surface area contributed by atoms with Gasteiger partial charge in [0.05, 0.1) is 25.7 Å². The zero-order valence-electron chi connectivity index (χ0n) is 19.0. The lowest BCUT2D eigenvalue weighted by molar-refractivity contribution is 0.246. The van der Waals surface area contributed by atoms with Crippen molar-refractivity contribution in [2.75, 3.05) is 57.1 Å². The van der Waals surface area contributed by atoms with Gasteiger partial charge in [0.2, 0.25) is 0 Å². The highest BCUT2D eigenvalue weighted by atomic mass is 16.5. The zero-order chi connectivity index (χ0) is 22.6. The van der Waals surface area contributed by atoms with Gasteiger partial charge in [0.25, 0.3) is 0 Å². The Hall–Kier alpha value is -3.21. The van der Waals surface area contributed by atoms with E-state index in [9.17, 15) is 0 Å². The minimum absolute atomic E-state index is 0.250. The number of ether oxygens (including phenoxy) is 2. The smallest absolute Gasteiger partial charge is 0.162 e. The van der Waals surface area contributed by atoms with Gasteiger partial charge < -0.3 is 30.3 Å². The third-order valence-electron chi connectivity index (χ3n) is 6.75. The quantitative estimate of drug-likeness (QED) is 0.428. The van der Waals surface area contributed by atoms with E-state index in [1.165, 1.54) is 26.2 Å². The SMILES string of the molecule is C#Cc1cccc(NC2N=CNc3cc(OC)c(OCCCN4CC5CNCC5C4)cc32)c1. The lowest BCUT2D eigenvalue weighted by atomic mass is 10.0. The van der Waals surface area contributed by atoms with Crippen molar-refractivity contribution in [3.05, 3.63) is 47.5 Å². The zero-order valence-corrected chi connectivity index (χ0v) is 19.0. The molecule has 3 N–H and O–H groups in total. The molecule has 2 fully saturated rings. The van der Waals surface area contributed by atoms with Gasteiger partial charge in [-0.3, -0.25) is 0 Å². The molecule has 2 saturated heterocycles. The number of fused-ring (bicyclic) bond motifs is 2. The maximum Gasteiger partial charge on any atom is 0.162 e. The second-order valence-corrected chi connectivity index (χ2v) is 8.92. The van der Waals surface area contributed by atoms with Crippen molar-refractivity contribution < 1.29 is 9.47 Å². The Morgan fingerprint density at radius 3 is 2.82 bits per heavy atom. The molecule has 3 heterocycles. The van der Waals surface area contributed by atoms with Crippen LogP contribution in [0.15, 0.2) is 41.4 Å². The van der Waals surface area contributed by atoms with E-state index < -0.39 is 0 Å². The van der Waals surface area contributed by atoms with E-state index in [4.69, 9.17) is 15.9 Å². The number of terminal acetylenes is 1. The Morgan fingerprint density at radius 2 is 2.03 bits per heavy atom. The number of hydrogen-bond donors (Lipinski definition) is 3. The summed E-state index contributed by atoms with van der Waals surface area (Å²) in [6, 6.07) is 11.8. The van der Waals surface area contributed by atoms with Crippen LogP contribution in [0, 0.1) is 24.2 Å². The summed E-state index contributed by atoms with van der Waals surface area (Å²) in [5.74, 6) is 5.78. The van der Waals surface area contributed by atoms with Gasteiger partial charge in [-0.05, 0) is 55.6 Å². The molecule has 3 unspecified atom stereocenters. The number of aliphatic imine (C=N–C) groups is 1. The van der Waals surface area contributed by atoms with Gasteiger partial charge in [-0.2, -0.15) is 0 Å². The highest BCUT2D eigenvalue weighted by Gasteiger charge is 2.35. The van der Waals surface area contributed by atoms with Crippen molar-refractivity contribution in [2.24, 2.45) is 16.8 Å². The molecule has 7 heteroatoms. The van der Waals surface area contributed by atoms with Crippen LogP contribution in [0.3, 0.4) is 0 Å². The van der Waals surface area contributed by atoms with E-state index in [1.54, 1.807) is 13.4 Å². The average molecular weight is 446 g/mol. The number of likely N-dealkylation sites (tertiary alicyclic amines) is 1. The second-order valence-electron chi connectivity index (χ2n) is 8.92. The molecule has 0 radical (unpaired) electrons. The summed E-state index contributed by atoms with van der Waals surface area (Å²) in [5.41, 5.74) is 3.69. The highest BCUT2D eigenvalue weighted by molar-refractivity contribution is 5.82. The van der Waals surface area contributed by atoms with Gasteiger partial charge in [-0.15, -0.1) is 6.42 Å². The van der Waals surface area contributed by atoms with Crippen LogP contribution in [-0.2, 0) is 0 Å². The maximum atomic E-state index is 6.19. The highest BCUT2D eigenvalue weighted by Crippen LogP contribution is 2.39. The van der Waals surface area contributed by atoms with E-state index in [0.717, 1.165) is 53.1 Å². The van der Waals surface area contributed by atoms with Gasteiger partial charge in [0.1, 0.15) is 6.17 Å². The normalized spacial score (nSPS) is 23.3. The van der Waals surface area contributed by atoms with Crippen LogP contribution in [-0.4, -0.2) is 57.7 Å². The maximum absolute atomic E-state index is 6.19. The molecular weight excluding hydrogens is 414 g/mol. The molecule has 7 nitrogen and oxygen atoms in total. The molecule has 2 aromatic carbocycles. The van der Waals surface area contributed by atoms with Crippen molar-refractivity contribution in [1.82, 2.24) is 10.2 Å². The molecule has 0 spiro atoms. The van der Waals surface area contributed by atoms with Crippen molar-refractivity contribution in [2.45, 2.75) is 12.6 Å². The molecule has 3 atom stereocenters. The molecular formula is C26H31N5O2. The van der Waals surface area contributed by atoms with E-state index in [1.807, 2.05) is 36.4 Å². The number of nitrogens with zero attached hydrogens (tertiary/aromatic N) is 2. The first-order valence-corrected chi connectivity index (χ1v) is 11.6. The molecule has 0 aromatic heterocycles. The van der Waals surface area contributed by atoms with Crippen LogP contribution in [0.4, 0.5) is 11.4 Å². The summed E-state index contributed by atoms with van der Waals surface area (Å²) < 4.78 is 11.8. The van der Waals surface area contributed by atoms with Crippen LogP contribution in [0.1, 0.15) is 23.7 Å². The Balaban J connectivity index is 1.24. The molecule has 2 aromatic rings. The van der Waals surface area contributed by atoms with Crippen LogP contribution in [0.5, 0.6) is 11.5 Å². The van der Waals surface area contributed by atoms with E-state index >= 15 is 0 Å². The summed E-state index contributed by atoms with van der Waals surface area (Å²) in [7, 11) is 1.67. The predicted molar refractivity (Wildman–Crippen MR) is 132 cm³/mol. The summed E-state index contributed by atoms with van der Waals surface area (Å²) >= 11 is 0. The number of nitrogens with one attached hydrogen (secondary N) is 3. The fraction of sp³-hybridized carbons (Fsp3) is 0.423. The number of benzene rings is 2. The van der Waals surface area contributed by atoms with E-state index in [0.29, 0.717) is 12.4 Å². The topological polar surface area (TPSA) is 70.2 Å². The van der Waals surface area contributed by atoms with Crippen LogP contribution >= 0.6 is 0 Å². The fourth-order valence-electron chi connectivity index (χ4n) is 5.04. The third kappa shape index (κ3) is 4.77. The van der Waals surface area contributed by atoms with Gasteiger partial charge in [-0.25, -0.2) is 4.99 Å². The van der Waals surface area contributed by atoms with Crippen molar-refractivity contribution in [3.63, 3.8) is 0 Å². The minimum atomic E-state index is -0.250. The lowest BCUT2D eigenvalue weighted by Crippen LogP contribution is -2.27. The Morgan fingerprint density at radius 1 is 1.18 bits per heavy atom. The molecule has 33 heavy (non-hydrogen) atoms. The van der Waals surface area contributed by atoms with Gasteiger partial charge >= 0.3 is 0 Å². The standard InChI is InChI=1S/C26H31N5O2/c1-3-18-6-4-7-21(10-18)30-26-22-11-25(24(32-2)12-23(22)28-17-29-26)33-9-5-8-31-15-19-13-27-14-20(19)16-31/h1,4,6-7,10-12,17,19-20,26-27,30H,5,8-9,13-16H2,2H3,(H,28,29). The van der Waals surface area contributed by atoms with Gasteiger partial charge in [0, 0.05) is 42.5 Å². The predicted octanol–water partition coefficient (Wildman–Crippen LogP) is 3.16. The number of hydrogen-bond acceptors (Lipinski definition) is 7. The molecule has 0 bridgehead atoms. The summed E-state index contributed by atoms with van der Waals surface area (Å²) in [4.78, 5) is 7.16. The first-order valence-electron chi connectivity index (χ1n) is 11.6. The first-order chi connectivity index (χ1) is 16.2. The lowest BCUT2D eigenvalue weighted by Gasteiger charge is -2.25. The Kier molecular flexibility index (Phi) is 6.38. The van der Waals surface area contributed by atoms with Crippen molar-refractivity contribution in [3.8, 4) is 23.8 Å². The molecule has 3 aliphatic heterocycles. The monoisotopic (exact) mass is 445 g/mol. The van der Waals surface area contributed by atoms with Crippen molar-refractivity contribution >= 4 is 17.7 Å². The molecule has 5 rings (SSSR count). The Labute approximate surface area is 195 Å². The number of methoxy groups -OCH3 is 1. The average Bonchev–Trinajstić information content (AvgIpc) is 3.44. The third-order valence-corrected chi connectivity index (χ3v) is 6.75. The number of anilines is 2. The van der Waals surface area contributed by atoms with Gasteiger partial charge in [0.15, 0.2) is 11.5 Å². The fourth-order valence-corrected chi connectivity index (χ4v) is 5.04. The van der Waals surface area contributed by atoms with Crippen LogP contribution < -0.4 is 25.4 Å². The summed E-state index contributed by atoms with van der Waals surface area (Å²) in [6.45, 7) is 6.47. The minimum Gasteiger partial charge on any atom is -0.493 e. The van der Waals surface area contributed by atoms with E-state index in [-0.39, 0.29) is 6.17 Å². The molecule has 3 aliphatic rings. The number of rotatable bonds is 8. The molecule has 172 valence electrons. The van der Waals surface area contributed by atoms with Crippen LogP contribution in [0.2, 0.25) is 0 Å². The molecule has 0 amide bonds. The van der Waals surface area contributed by atoms with Crippen molar-refractivity contribution in [1.29, 1.82) is 0 Å². The van der Waals surface area contributed by atoms with E-state index in [2.05, 4.69) is 31.8 Å². The van der Waals surface area contributed by atoms with Crippen LogP contribution in [0.25, 0.3) is 0 Å².